The molecule has 4 amide bonds. The SMILES string of the molecule is Cc1cc(N2CCN(CC3CCN(c4ccc(N5CCC(=O)NC5=O)c(C)c4)CC3)CC2)ccc1-c1nc2c(-c3ccc([C@@H](C)NC(=O)c4nc(C(C)(C)C)no4)c(C)c3)ncnc2[nH]1. The highest BCUT2D eigenvalue weighted by atomic mass is 16.5. The van der Waals surface area contributed by atoms with E-state index in [-0.39, 0.29) is 29.3 Å². The third kappa shape index (κ3) is 9.17. The minimum atomic E-state index is -0.416. The Morgan fingerprint density at radius 2 is 1.57 bits per heavy atom. The Labute approximate surface area is 379 Å². The molecule has 65 heavy (non-hydrogen) atoms. The van der Waals surface area contributed by atoms with Gasteiger partial charge in [0.1, 0.15) is 23.4 Å². The highest BCUT2D eigenvalue weighted by molar-refractivity contribution is 6.06. The van der Waals surface area contributed by atoms with E-state index < -0.39 is 5.91 Å². The molecule has 3 N–H and O–H groups in total. The van der Waals surface area contributed by atoms with Crippen LogP contribution in [-0.4, -0.2) is 105 Å². The molecule has 3 aromatic carbocycles. The minimum absolute atomic E-state index is 0.0535. The van der Waals surface area contributed by atoms with Gasteiger partial charge in [-0.1, -0.05) is 38.1 Å². The standard InChI is InChI=1S/C49H58N12O4/c1-29-24-34(8-11-37(29)32(4)52-45(63)46-56-47(57-65-46)49(5,6)7)41-42-44(51-28-50-41)55-43(54-42)38-12-9-35(25-30(38)2)60-22-20-58(21-23-60)27-33-14-17-59(18-15-33)36-10-13-39(31(3)26-36)61-19-16-40(62)53-48(61)64/h8-13,24-26,28,32-33H,14-23,27H2,1-7H3,(H,52,63)(H,53,62,64)(H,50,51,54,55)/t32-/m1/s1. The lowest BCUT2D eigenvalue weighted by molar-refractivity contribution is -0.120. The maximum absolute atomic E-state index is 13.0. The van der Waals surface area contributed by atoms with Gasteiger partial charge in [-0.25, -0.2) is 19.7 Å². The first-order valence-corrected chi connectivity index (χ1v) is 22.7. The summed E-state index contributed by atoms with van der Waals surface area (Å²) in [4.78, 5) is 68.3. The number of imide groups is 1. The number of aromatic nitrogens is 6. The van der Waals surface area contributed by atoms with Crippen molar-refractivity contribution >= 4 is 46.1 Å². The second kappa shape index (κ2) is 17.7. The van der Waals surface area contributed by atoms with Crippen LogP contribution in [0.5, 0.6) is 0 Å². The van der Waals surface area contributed by atoms with Crippen LogP contribution in [0.2, 0.25) is 0 Å². The first-order valence-electron chi connectivity index (χ1n) is 22.7. The molecule has 3 fully saturated rings. The van der Waals surface area contributed by atoms with Crippen molar-refractivity contribution in [2.45, 2.75) is 79.2 Å². The van der Waals surface area contributed by atoms with Gasteiger partial charge < -0.3 is 24.6 Å². The number of nitrogens with zero attached hydrogens (tertiary/aromatic N) is 9. The summed E-state index contributed by atoms with van der Waals surface area (Å²) in [6, 6.07) is 18.4. The number of H-pyrrole nitrogens is 1. The fourth-order valence-corrected chi connectivity index (χ4v) is 9.40. The van der Waals surface area contributed by atoms with Gasteiger partial charge in [0.05, 0.1) is 6.04 Å². The van der Waals surface area contributed by atoms with Crippen LogP contribution < -0.4 is 25.3 Å². The van der Waals surface area contributed by atoms with Crippen molar-refractivity contribution in [1.82, 2.24) is 45.6 Å². The van der Waals surface area contributed by atoms with Gasteiger partial charge in [-0.2, -0.15) is 4.98 Å². The monoisotopic (exact) mass is 878 g/mol. The van der Waals surface area contributed by atoms with E-state index >= 15 is 0 Å². The number of benzene rings is 3. The Balaban J connectivity index is 0.786. The van der Waals surface area contributed by atoms with Crippen LogP contribution in [0, 0.1) is 26.7 Å². The van der Waals surface area contributed by atoms with Crippen LogP contribution in [0.3, 0.4) is 0 Å². The number of imidazole rings is 1. The smallest absolute Gasteiger partial charge is 0.328 e. The molecule has 0 radical (unpaired) electrons. The number of amides is 4. The molecular weight excluding hydrogens is 821 g/mol. The predicted octanol–water partition coefficient (Wildman–Crippen LogP) is 7.27. The van der Waals surface area contributed by atoms with E-state index in [1.165, 1.54) is 11.4 Å². The summed E-state index contributed by atoms with van der Waals surface area (Å²) in [5.74, 6) is 1.21. The van der Waals surface area contributed by atoms with Gasteiger partial charge in [0, 0.05) is 92.4 Å². The number of rotatable bonds is 10. The topological polar surface area (TPSA) is 182 Å². The quantitative estimate of drug-likeness (QED) is 0.125. The molecule has 3 saturated heterocycles. The molecular formula is C49H58N12O4. The molecule has 0 unspecified atom stereocenters. The maximum Gasteiger partial charge on any atom is 0.328 e. The van der Waals surface area contributed by atoms with Crippen molar-refractivity contribution in [3.8, 4) is 22.6 Å². The lowest BCUT2D eigenvalue weighted by atomic mass is 9.95. The van der Waals surface area contributed by atoms with E-state index in [0.29, 0.717) is 35.9 Å². The third-order valence-corrected chi connectivity index (χ3v) is 13.2. The number of aryl methyl sites for hydroxylation is 3. The Morgan fingerprint density at radius 3 is 2.25 bits per heavy atom. The van der Waals surface area contributed by atoms with Crippen LogP contribution in [0.4, 0.5) is 21.9 Å². The lowest BCUT2D eigenvalue weighted by Gasteiger charge is -2.40. The molecule has 6 heterocycles. The van der Waals surface area contributed by atoms with E-state index in [1.54, 1.807) is 11.2 Å². The number of carbonyl (C=O) groups is 3. The molecule has 338 valence electrons. The highest BCUT2D eigenvalue weighted by Gasteiger charge is 2.29. The molecule has 0 bridgehead atoms. The Bertz CT molecular complexity index is 2760. The Hall–Kier alpha value is -6.68. The van der Waals surface area contributed by atoms with Gasteiger partial charge in [0.25, 0.3) is 0 Å². The summed E-state index contributed by atoms with van der Waals surface area (Å²) in [5, 5.41) is 9.40. The summed E-state index contributed by atoms with van der Waals surface area (Å²) >= 11 is 0. The molecule has 0 aliphatic carbocycles. The van der Waals surface area contributed by atoms with Crippen LogP contribution in [-0.2, 0) is 10.2 Å². The van der Waals surface area contributed by atoms with Crippen LogP contribution in [0.1, 0.15) is 91.8 Å². The van der Waals surface area contributed by atoms with E-state index in [9.17, 15) is 14.4 Å². The van der Waals surface area contributed by atoms with Crippen LogP contribution >= 0.6 is 0 Å². The first kappa shape index (κ1) is 43.6. The van der Waals surface area contributed by atoms with Gasteiger partial charge in [-0.15, -0.1) is 0 Å². The fourth-order valence-electron chi connectivity index (χ4n) is 9.40. The normalized spacial score (nSPS) is 17.2. The minimum Gasteiger partial charge on any atom is -0.372 e. The highest BCUT2D eigenvalue weighted by Crippen LogP contribution is 2.34. The number of hydrogen-bond acceptors (Lipinski definition) is 12. The molecule has 3 aromatic heterocycles. The zero-order valence-electron chi connectivity index (χ0n) is 38.4. The molecule has 1 atom stereocenters. The second-order valence-corrected chi connectivity index (χ2v) is 18.9. The molecule has 3 aliphatic rings. The molecule has 16 nitrogen and oxygen atoms in total. The lowest BCUT2D eigenvalue weighted by Crippen LogP contribution is -2.49. The third-order valence-electron chi connectivity index (χ3n) is 13.2. The number of aromatic amines is 1. The van der Waals surface area contributed by atoms with Gasteiger partial charge >= 0.3 is 17.8 Å². The van der Waals surface area contributed by atoms with Crippen molar-refractivity contribution in [1.29, 1.82) is 0 Å². The zero-order chi connectivity index (χ0) is 45.6. The van der Waals surface area contributed by atoms with Gasteiger partial charge in [0.15, 0.2) is 11.5 Å². The molecule has 0 saturated carbocycles. The number of piperidine rings is 1. The van der Waals surface area contributed by atoms with Gasteiger partial charge in [-0.05, 0) is 111 Å². The van der Waals surface area contributed by atoms with Crippen molar-refractivity contribution < 1.29 is 18.9 Å². The molecule has 0 spiro atoms. The molecule has 6 aromatic rings. The molecule has 3 aliphatic heterocycles. The number of hydrogen-bond donors (Lipinski definition) is 3. The van der Waals surface area contributed by atoms with Gasteiger partial charge in [-0.3, -0.25) is 24.7 Å². The first-order chi connectivity index (χ1) is 31.2. The largest absolute Gasteiger partial charge is 0.372 e. The predicted molar refractivity (Wildman–Crippen MR) is 251 cm³/mol. The van der Waals surface area contributed by atoms with Crippen LogP contribution in [0.15, 0.2) is 65.4 Å². The Morgan fingerprint density at radius 1 is 0.846 bits per heavy atom. The number of piperazine rings is 1. The van der Waals surface area contributed by atoms with E-state index in [4.69, 9.17) is 9.51 Å². The summed E-state index contributed by atoms with van der Waals surface area (Å²) in [6.45, 7) is 21.6. The number of carbonyl (C=O) groups excluding carboxylic acids is 3. The molecule has 9 rings (SSSR count). The van der Waals surface area contributed by atoms with E-state index in [1.807, 2.05) is 59.7 Å². The van der Waals surface area contributed by atoms with Crippen molar-refractivity contribution in [3.05, 3.63) is 94.9 Å². The number of nitrogens with one attached hydrogen (secondary N) is 3. The number of urea groups is 1. The summed E-state index contributed by atoms with van der Waals surface area (Å²) in [6.07, 6.45) is 4.19. The Kier molecular flexibility index (Phi) is 11.9. The van der Waals surface area contributed by atoms with Crippen LogP contribution in [0.25, 0.3) is 33.8 Å². The van der Waals surface area contributed by atoms with E-state index in [0.717, 1.165) is 109 Å². The van der Waals surface area contributed by atoms with Crippen molar-refractivity contribution in [2.24, 2.45) is 5.92 Å². The van der Waals surface area contributed by atoms with Crippen molar-refractivity contribution in [2.75, 3.05) is 67.1 Å². The van der Waals surface area contributed by atoms with Crippen molar-refractivity contribution in [3.63, 3.8) is 0 Å². The summed E-state index contributed by atoms with van der Waals surface area (Å²) < 4.78 is 5.25. The van der Waals surface area contributed by atoms with Gasteiger partial charge in [0.2, 0.25) is 5.91 Å². The molecule has 16 heteroatoms. The number of anilines is 3. The summed E-state index contributed by atoms with van der Waals surface area (Å²) in [5.41, 5.74) is 11.1. The second-order valence-electron chi connectivity index (χ2n) is 18.9. The van der Waals surface area contributed by atoms with E-state index in [2.05, 4.69) is 93.7 Å². The zero-order valence-corrected chi connectivity index (χ0v) is 38.4. The maximum atomic E-state index is 13.0. The summed E-state index contributed by atoms with van der Waals surface area (Å²) in [7, 11) is 0. The fraction of sp³-hybridized carbons (Fsp3) is 0.429. The number of fused-ring (bicyclic) bond motifs is 1. The average molecular weight is 879 g/mol. The average Bonchev–Trinajstić information content (AvgIpc) is 3.96.